The molecule has 0 aromatic heterocycles. The Labute approximate surface area is 416 Å². The van der Waals surface area contributed by atoms with E-state index >= 15 is 0 Å². The van der Waals surface area contributed by atoms with Crippen LogP contribution in [0.3, 0.4) is 0 Å². The number of piperidine rings is 1. The molecule has 4 aliphatic rings. The smallest absolute Gasteiger partial charge is 0.329 e. The fourth-order valence-electron chi connectivity index (χ4n) is 10.5. The lowest BCUT2D eigenvalue weighted by atomic mass is 9.78. The van der Waals surface area contributed by atoms with Crippen molar-refractivity contribution in [2.24, 2.45) is 35.5 Å². The third-order valence-corrected chi connectivity index (χ3v) is 14.9. The van der Waals surface area contributed by atoms with Crippen molar-refractivity contribution in [3.63, 3.8) is 0 Å². The van der Waals surface area contributed by atoms with Crippen LogP contribution >= 0.6 is 0 Å². The molecule has 0 aromatic carbocycles. The normalized spacial score (nSPS) is 38.1. The lowest BCUT2D eigenvalue weighted by molar-refractivity contribution is -0.265. The summed E-state index contributed by atoms with van der Waals surface area (Å²) in [7, 11) is 3.00. The molecular weight excluding hydrogens is 899 g/mol. The minimum Gasteiger partial charge on any atom is -0.460 e. The van der Waals surface area contributed by atoms with Gasteiger partial charge < -0.3 is 48.6 Å². The fraction of sp³-hybridized carbons (Fsp3) is 0.727. The molecule has 15 atom stereocenters. The van der Waals surface area contributed by atoms with Gasteiger partial charge in [-0.3, -0.25) is 19.2 Å². The number of cyclic esters (lactones) is 1. The highest BCUT2D eigenvalue weighted by Crippen LogP contribution is 2.38. The molecule has 3 N–H and O–H groups in total. The number of rotatable bonds is 9. The van der Waals surface area contributed by atoms with Crippen LogP contribution in [0.5, 0.6) is 0 Å². The number of esters is 1. The van der Waals surface area contributed by atoms with Gasteiger partial charge in [0.1, 0.15) is 42.3 Å². The average molecular weight is 982 g/mol. The van der Waals surface area contributed by atoms with Crippen LogP contribution in [0, 0.1) is 47.5 Å². The Morgan fingerprint density at radius 3 is 2.33 bits per heavy atom. The van der Waals surface area contributed by atoms with Crippen LogP contribution in [-0.2, 0) is 52.4 Å². The van der Waals surface area contributed by atoms with Crippen molar-refractivity contribution in [2.45, 2.75) is 187 Å². The maximum absolute atomic E-state index is 14.5. The topological polar surface area (TPSA) is 205 Å². The minimum atomic E-state index is -2.47. The number of carbonyl (C=O) groups is 5. The average Bonchev–Trinajstić information content (AvgIpc) is 3.34. The van der Waals surface area contributed by atoms with Crippen molar-refractivity contribution in [1.29, 1.82) is 0 Å². The number of amides is 1. The van der Waals surface area contributed by atoms with Gasteiger partial charge in [0.25, 0.3) is 11.7 Å². The minimum absolute atomic E-state index is 0.00347. The number of fused-ring (bicyclic) bond motifs is 3. The van der Waals surface area contributed by atoms with Gasteiger partial charge in [0.05, 0.1) is 31.5 Å². The number of nitrogens with zero attached hydrogens (tertiary/aromatic N) is 1. The van der Waals surface area contributed by atoms with E-state index in [1.807, 2.05) is 58.1 Å². The summed E-state index contributed by atoms with van der Waals surface area (Å²) in [5.41, 5.74) is 1.18. The number of Topliss-reactive ketones (excluding diaryl/α,β-unsaturated/α-hetero) is 3. The fourth-order valence-corrected chi connectivity index (χ4v) is 10.5. The second-order valence-electron chi connectivity index (χ2n) is 20.4. The van der Waals surface area contributed by atoms with Gasteiger partial charge in [0, 0.05) is 58.3 Å². The molecule has 2 saturated heterocycles. The highest BCUT2D eigenvalue weighted by atomic mass is 16.6. The second-order valence-corrected chi connectivity index (χ2v) is 20.4. The molecule has 0 spiro atoms. The third-order valence-electron chi connectivity index (χ3n) is 14.9. The summed E-state index contributed by atoms with van der Waals surface area (Å²) in [6.07, 6.45) is 14.1. The van der Waals surface area contributed by atoms with Gasteiger partial charge in [0.15, 0.2) is 5.78 Å². The van der Waals surface area contributed by atoms with E-state index in [1.54, 1.807) is 40.9 Å². The molecule has 1 saturated carbocycles. The van der Waals surface area contributed by atoms with E-state index in [-0.39, 0.29) is 80.5 Å². The lowest BCUT2D eigenvalue weighted by Crippen LogP contribution is -2.61. The number of methoxy groups -OCH3 is 2. The Morgan fingerprint density at radius 1 is 0.900 bits per heavy atom. The molecule has 0 radical (unpaired) electrons. The van der Waals surface area contributed by atoms with Crippen LogP contribution in [0.2, 0.25) is 0 Å². The molecule has 3 heterocycles. The number of carbonyl (C=O) groups excluding carboxylic acids is 5. The molecule has 15 heteroatoms. The van der Waals surface area contributed by atoms with Gasteiger partial charge in [-0.05, 0) is 107 Å². The Morgan fingerprint density at radius 2 is 1.64 bits per heavy atom. The van der Waals surface area contributed by atoms with Gasteiger partial charge in [-0.1, -0.05) is 77.0 Å². The molecule has 1 aliphatic carbocycles. The zero-order chi connectivity index (χ0) is 51.7. The molecule has 1 amide bonds. The molecule has 3 aliphatic heterocycles. The summed E-state index contributed by atoms with van der Waals surface area (Å²) in [4.78, 5) is 72.4. The first-order valence-corrected chi connectivity index (χ1v) is 25.6. The standard InChI is InChI=1S/C55H83NO14/c1-11-26-67-46-32-42-22-20-40(8)55(64,70-42)52(61)53(62)56-24-16-15-19-43(56)54(63)69-47(37(5)30-41-21-23-45(68-27-25-57)48(31-41)65-9)33-44(58)36(4)29-39(7)50(60)51(66-10)49(59)38(6)28-34(2)17-13-12-14-18-35(46)3/h12-14,17-18,29,34,36-38,40-43,45-48,50-51,57,60,64H,15-16,19-25,27-28,30-33H2,1-10H3/b14-12+,17-13+,35-18+,39-29+/t34-,36-,37-,38-,40-,41+,42+,43+,45+,46+,47+,48-,50-,51+,55-/m1/s1. The summed E-state index contributed by atoms with van der Waals surface area (Å²) < 4.78 is 35.7. The zero-order valence-electron chi connectivity index (χ0n) is 43.4. The Hall–Kier alpha value is -4.01. The molecule has 0 aromatic rings. The third kappa shape index (κ3) is 16.0. The van der Waals surface area contributed by atoms with Crippen molar-refractivity contribution in [3.8, 4) is 12.0 Å². The maximum Gasteiger partial charge on any atom is 0.329 e. The Balaban J connectivity index is 1.72. The van der Waals surface area contributed by atoms with Crippen LogP contribution in [0.25, 0.3) is 0 Å². The van der Waals surface area contributed by atoms with Crippen molar-refractivity contribution < 1.29 is 67.7 Å². The van der Waals surface area contributed by atoms with Gasteiger partial charge >= 0.3 is 5.97 Å². The summed E-state index contributed by atoms with van der Waals surface area (Å²) >= 11 is 0. The largest absolute Gasteiger partial charge is 0.460 e. The summed E-state index contributed by atoms with van der Waals surface area (Å²) in [5.74, 6) is -5.40. The Bertz CT molecular complexity index is 1950. The monoisotopic (exact) mass is 982 g/mol. The van der Waals surface area contributed by atoms with E-state index in [4.69, 9.17) is 28.4 Å². The number of aliphatic hydroxyl groups excluding tert-OH is 2. The van der Waals surface area contributed by atoms with E-state index in [1.165, 1.54) is 12.0 Å². The van der Waals surface area contributed by atoms with Crippen molar-refractivity contribution in [2.75, 3.05) is 34.0 Å². The first kappa shape index (κ1) is 58.6. The zero-order valence-corrected chi connectivity index (χ0v) is 43.4. The quantitative estimate of drug-likeness (QED) is 0.0971. The van der Waals surface area contributed by atoms with Gasteiger partial charge in [-0.2, -0.15) is 0 Å². The van der Waals surface area contributed by atoms with E-state index in [0.29, 0.717) is 56.9 Å². The molecule has 392 valence electrons. The lowest BCUT2D eigenvalue weighted by Gasteiger charge is -2.42. The van der Waals surface area contributed by atoms with Crippen molar-refractivity contribution >= 4 is 29.2 Å². The van der Waals surface area contributed by atoms with Crippen LogP contribution in [-0.4, -0.2) is 138 Å². The van der Waals surface area contributed by atoms with E-state index in [0.717, 1.165) is 12.0 Å². The number of aliphatic hydroxyl groups is 3. The molecule has 15 nitrogen and oxygen atoms in total. The van der Waals surface area contributed by atoms with Crippen LogP contribution in [0.15, 0.2) is 47.6 Å². The van der Waals surface area contributed by atoms with E-state index < -0.39 is 77.8 Å². The Kier molecular flexibility index (Phi) is 23.7. The van der Waals surface area contributed by atoms with Crippen molar-refractivity contribution in [3.05, 3.63) is 47.6 Å². The van der Waals surface area contributed by atoms with Crippen LogP contribution in [0.1, 0.15) is 132 Å². The first-order chi connectivity index (χ1) is 33.3. The molecule has 0 unspecified atom stereocenters. The summed E-state index contributed by atoms with van der Waals surface area (Å²) in [6, 6.07) is -1.16. The number of allylic oxidation sites excluding steroid dienone is 6. The molecule has 2 bridgehead atoms. The van der Waals surface area contributed by atoms with Crippen molar-refractivity contribution in [1.82, 2.24) is 4.90 Å². The number of hydrogen-bond donors (Lipinski definition) is 3. The van der Waals surface area contributed by atoms with Crippen LogP contribution in [0.4, 0.5) is 0 Å². The molecule has 3 fully saturated rings. The number of hydrogen-bond acceptors (Lipinski definition) is 14. The number of ether oxygens (including phenoxy) is 6. The van der Waals surface area contributed by atoms with E-state index in [2.05, 4.69) is 12.0 Å². The maximum atomic E-state index is 14.5. The molecule has 4 rings (SSSR count). The van der Waals surface area contributed by atoms with Crippen LogP contribution < -0.4 is 0 Å². The summed E-state index contributed by atoms with van der Waals surface area (Å²) in [6.45, 7) is 14.4. The second kappa shape index (κ2) is 28.3. The molecule has 70 heavy (non-hydrogen) atoms. The van der Waals surface area contributed by atoms with Gasteiger partial charge in [0.2, 0.25) is 5.79 Å². The highest BCUT2D eigenvalue weighted by Gasteiger charge is 2.53. The summed E-state index contributed by atoms with van der Waals surface area (Å²) in [5, 5.41) is 32.9. The predicted octanol–water partition coefficient (Wildman–Crippen LogP) is 6.55. The predicted molar refractivity (Wildman–Crippen MR) is 263 cm³/mol. The van der Waals surface area contributed by atoms with E-state index in [9.17, 15) is 39.3 Å². The molecular formula is C55H83NO14. The van der Waals surface area contributed by atoms with Gasteiger partial charge in [-0.15, -0.1) is 0 Å². The first-order valence-electron chi connectivity index (χ1n) is 25.6. The number of ketones is 3. The highest BCUT2D eigenvalue weighted by molar-refractivity contribution is 6.39. The van der Waals surface area contributed by atoms with Gasteiger partial charge in [-0.25, -0.2) is 4.79 Å². The SMILES string of the molecule is CC#CO[C@H]1C[C@@H]2CC[C@@H](C)[C@@](O)(O2)C(=O)C(=O)N2CCCC[C@H]2C(=O)O[C@H]([C@H](C)C[C@@H]2CC[C@H](OCCO)[C@H](OC)C2)CC(=O)[C@H](C)/C=C(\C)[C@@H](O)[C@@H](OC)C(=O)[C@H](C)C[C@H](C)/C=C/C=C/C=C/1C.